The molecule has 170 valence electrons. The molecular weight excluding hydrogens is 416 g/mol. The largest absolute Gasteiger partial charge is 0.484 e. The van der Waals surface area contributed by atoms with Gasteiger partial charge >= 0.3 is 0 Å². The second-order valence-electron chi connectivity index (χ2n) is 8.33. The first-order valence-electron chi connectivity index (χ1n) is 11.0. The SMILES string of the molecule is Cc1ccc(OCC(=O)NCc2ccc3c(c2)CN(C(=O)COc2ccc(C)cc2)C3)cc1. The van der Waals surface area contributed by atoms with E-state index in [4.69, 9.17) is 9.47 Å². The Kier molecular flexibility index (Phi) is 6.93. The lowest BCUT2D eigenvalue weighted by atomic mass is 10.1. The van der Waals surface area contributed by atoms with Crippen molar-refractivity contribution in [1.29, 1.82) is 0 Å². The molecule has 6 nitrogen and oxygen atoms in total. The first kappa shape index (κ1) is 22.4. The van der Waals surface area contributed by atoms with E-state index in [9.17, 15) is 9.59 Å². The van der Waals surface area contributed by atoms with E-state index in [1.807, 2.05) is 80.6 Å². The third kappa shape index (κ3) is 6.13. The van der Waals surface area contributed by atoms with E-state index in [0.29, 0.717) is 31.1 Å². The van der Waals surface area contributed by atoms with Gasteiger partial charge < -0.3 is 19.7 Å². The summed E-state index contributed by atoms with van der Waals surface area (Å²) in [7, 11) is 0. The molecule has 0 bridgehead atoms. The van der Waals surface area contributed by atoms with Crippen LogP contribution in [-0.4, -0.2) is 29.9 Å². The highest BCUT2D eigenvalue weighted by atomic mass is 16.5. The molecule has 1 heterocycles. The van der Waals surface area contributed by atoms with E-state index in [1.54, 1.807) is 4.90 Å². The Morgan fingerprint density at radius 3 is 2.00 bits per heavy atom. The minimum absolute atomic E-state index is 0.0148. The zero-order valence-corrected chi connectivity index (χ0v) is 19.0. The van der Waals surface area contributed by atoms with Gasteiger partial charge in [-0.3, -0.25) is 9.59 Å². The molecule has 4 rings (SSSR count). The van der Waals surface area contributed by atoms with Crippen LogP contribution in [0.5, 0.6) is 11.5 Å². The molecule has 0 saturated carbocycles. The zero-order valence-electron chi connectivity index (χ0n) is 19.0. The summed E-state index contributed by atoms with van der Waals surface area (Å²) >= 11 is 0. The molecule has 1 N–H and O–H groups in total. The van der Waals surface area contributed by atoms with Crippen molar-refractivity contribution in [1.82, 2.24) is 10.2 Å². The van der Waals surface area contributed by atoms with Crippen LogP contribution in [0.15, 0.2) is 66.7 Å². The monoisotopic (exact) mass is 444 g/mol. The van der Waals surface area contributed by atoms with Gasteiger partial charge in [0.25, 0.3) is 11.8 Å². The fraction of sp³-hybridized carbons (Fsp3) is 0.259. The normalized spacial score (nSPS) is 12.2. The number of amides is 2. The fourth-order valence-electron chi connectivity index (χ4n) is 3.64. The number of benzene rings is 3. The molecule has 0 spiro atoms. The lowest BCUT2D eigenvalue weighted by Gasteiger charge is -2.15. The molecule has 6 heteroatoms. The Morgan fingerprint density at radius 2 is 1.36 bits per heavy atom. The van der Waals surface area contributed by atoms with Crippen molar-refractivity contribution in [2.75, 3.05) is 13.2 Å². The number of hydrogen-bond donors (Lipinski definition) is 1. The molecule has 0 atom stereocenters. The van der Waals surface area contributed by atoms with Gasteiger partial charge in [0.1, 0.15) is 11.5 Å². The third-order valence-electron chi connectivity index (χ3n) is 5.61. The van der Waals surface area contributed by atoms with Crippen LogP contribution in [-0.2, 0) is 29.2 Å². The number of nitrogens with zero attached hydrogens (tertiary/aromatic N) is 1. The van der Waals surface area contributed by atoms with Crippen LogP contribution < -0.4 is 14.8 Å². The van der Waals surface area contributed by atoms with Crippen molar-refractivity contribution >= 4 is 11.8 Å². The molecule has 3 aromatic rings. The van der Waals surface area contributed by atoms with Crippen LogP contribution in [0.1, 0.15) is 27.8 Å². The molecule has 1 aliphatic rings. The average molecular weight is 445 g/mol. The van der Waals surface area contributed by atoms with Gasteiger partial charge in [-0.1, -0.05) is 53.6 Å². The van der Waals surface area contributed by atoms with Gasteiger partial charge in [-0.2, -0.15) is 0 Å². The maximum Gasteiger partial charge on any atom is 0.261 e. The summed E-state index contributed by atoms with van der Waals surface area (Å²) < 4.78 is 11.2. The molecular formula is C27H28N2O4. The van der Waals surface area contributed by atoms with Crippen molar-refractivity contribution in [2.24, 2.45) is 0 Å². The predicted octanol–water partition coefficient (Wildman–Crippen LogP) is 3.92. The second kappa shape index (κ2) is 10.2. The topological polar surface area (TPSA) is 67.9 Å². The maximum absolute atomic E-state index is 12.6. The van der Waals surface area contributed by atoms with Crippen molar-refractivity contribution in [3.63, 3.8) is 0 Å². The van der Waals surface area contributed by atoms with E-state index in [2.05, 4.69) is 5.32 Å². The Labute approximate surface area is 194 Å². The smallest absolute Gasteiger partial charge is 0.261 e. The zero-order chi connectivity index (χ0) is 23.2. The summed E-state index contributed by atoms with van der Waals surface area (Å²) in [5.41, 5.74) is 5.50. The Bertz CT molecular complexity index is 1120. The lowest BCUT2D eigenvalue weighted by Crippen LogP contribution is -2.30. The van der Waals surface area contributed by atoms with Crippen LogP contribution in [0.2, 0.25) is 0 Å². The number of aryl methyl sites for hydroxylation is 2. The quantitative estimate of drug-likeness (QED) is 0.572. The van der Waals surface area contributed by atoms with E-state index < -0.39 is 0 Å². The highest BCUT2D eigenvalue weighted by Crippen LogP contribution is 2.24. The van der Waals surface area contributed by atoms with Gasteiger partial charge in [-0.25, -0.2) is 0 Å². The second-order valence-corrected chi connectivity index (χ2v) is 8.33. The van der Waals surface area contributed by atoms with Crippen LogP contribution in [0.25, 0.3) is 0 Å². The molecule has 2 amide bonds. The number of hydrogen-bond acceptors (Lipinski definition) is 4. The number of ether oxygens (including phenoxy) is 2. The highest BCUT2D eigenvalue weighted by molar-refractivity contribution is 5.79. The molecule has 1 aliphatic heterocycles. The van der Waals surface area contributed by atoms with E-state index in [0.717, 1.165) is 27.8 Å². The summed E-state index contributed by atoms with van der Waals surface area (Å²) in [4.78, 5) is 26.5. The van der Waals surface area contributed by atoms with Crippen molar-refractivity contribution in [3.8, 4) is 11.5 Å². The number of rotatable bonds is 8. The third-order valence-corrected chi connectivity index (χ3v) is 5.61. The van der Waals surface area contributed by atoms with Gasteiger partial charge in [0, 0.05) is 19.6 Å². The molecule has 0 saturated heterocycles. The first-order chi connectivity index (χ1) is 16.0. The lowest BCUT2D eigenvalue weighted by molar-refractivity contribution is -0.134. The van der Waals surface area contributed by atoms with Crippen molar-refractivity contribution in [2.45, 2.75) is 33.5 Å². The summed E-state index contributed by atoms with van der Waals surface area (Å²) in [6.45, 7) is 5.52. The van der Waals surface area contributed by atoms with Crippen LogP contribution in [0, 0.1) is 13.8 Å². The summed E-state index contributed by atoms with van der Waals surface area (Å²) in [6, 6.07) is 21.3. The molecule has 0 radical (unpaired) electrons. The molecule has 0 unspecified atom stereocenters. The number of fused-ring (bicyclic) bond motifs is 1. The molecule has 33 heavy (non-hydrogen) atoms. The molecule has 0 aromatic heterocycles. The number of nitrogens with one attached hydrogen (secondary N) is 1. The van der Waals surface area contributed by atoms with Gasteiger partial charge in [0.05, 0.1) is 0 Å². The summed E-state index contributed by atoms with van der Waals surface area (Å²) in [5.74, 6) is 1.13. The molecule has 0 fully saturated rings. The van der Waals surface area contributed by atoms with Gasteiger partial charge in [0.2, 0.25) is 0 Å². The number of carbonyl (C=O) groups excluding carboxylic acids is 2. The van der Waals surface area contributed by atoms with Crippen LogP contribution in [0.3, 0.4) is 0 Å². The Morgan fingerprint density at radius 1 is 0.788 bits per heavy atom. The van der Waals surface area contributed by atoms with Crippen LogP contribution in [0.4, 0.5) is 0 Å². The van der Waals surface area contributed by atoms with Gasteiger partial charge in [0.15, 0.2) is 13.2 Å². The average Bonchev–Trinajstić information content (AvgIpc) is 3.25. The summed E-state index contributed by atoms with van der Waals surface area (Å²) in [5, 5.41) is 2.88. The Balaban J connectivity index is 1.23. The molecule has 0 aliphatic carbocycles. The van der Waals surface area contributed by atoms with Gasteiger partial charge in [-0.05, 0) is 54.8 Å². The summed E-state index contributed by atoms with van der Waals surface area (Å²) in [6.07, 6.45) is 0. The van der Waals surface area contributed by atoms with E-state index in [1.165, 1.54) is 0 Å². The standard InChI is InChI=1S/C27H28N2O4/c1-19-3-9-24(10-4-19)32-17-26(30)28-14-21-7-8-22-15-29(16-23(22)13-21)27(31)18-33-25-11-5-20(2)6-12-25/h3-13H,14-18H2,1-2H3,(H,28,30). The predicted molar refractivity (Wildman–Crippen MR) is 126 cm³/mol. The number of carbonyl (C=O) groups is 2. The first-order valence-corrected chi connectivity index (χ1v) is 11.0. The Hall–Kier alpha value is -3.80. The highest BCUT2D eigenvalue weighted by Gasteiger charge is 2.23. The van der Waals surface area contributed by atoms with Crippen molar-refractivity contribution < 1.29 is 19.1 Å². The minimum Gasteiger partial charge on any atom is -0.484 e. The van der Waals surface area contributed by atoms with E-state index >= 15 is 0 Å². The minimum atomic E-state index is -0.180. The van der Waals surface area contributed by atoms with E-state index in [-0.39, 0.29) is 25.0 Å². The van der Waals surface area contributed by atoms with Gasteiger partial charge in [-0.15, -0.1) is 0 Å². The van der Waals surface area contributed by atoms with Crippen molar-refractivity contribution in [3.05, 3.63) is 94.5 Å². The molecule has 3 aromatic carbocycles. The maximum atomic E-state index is 12.6. The van der Waals surface area contributed by atoms with Crippen LogP contribution >= 0.6 is 0 Å². The fourth-order valence-corrected chi connectivity index (χ4v) is 3.64.